The molecule has 7 nitrogen and oxygen atoms in total. The Bertz CT molecular complexity index is 534. The molecule has 0 aliphatic carbocycles. The van der Waals surface area contributed by atoms with Crippen molar-refractivity contribution < 1.29 is 14.6 Å². The van der Waals surface area contributed by atoms with Gasteiger partial charge in [0.15, 0.2) is 0 Å². The smallest absolute Gasteiger partial charge is 0.325 e. The Morgan fingerprint density at radius 3 is 2.85 bits per heavy atom. The maximum atomic E-state index is 12.2. The first-order valence-electron chi connectivity index (χ1n) is 6.78. The van der Waals surface area contributed by atoms with Gasteiger partial charge in [-0.2, -0.15) is 0 Å². The highest BCUT2D eigenvalue weighted by Crippen LogP contribution is 2.09. The monoisotopic (exact) mass is 283 g/mol. The Labute approximate surface area is 117 Å². The molecule has 0 radical (unpaired) electrons. The topological polar surface area (TPSA) is 87.6 Å². The number of nitrogens with one attached hydrogen (secondary N) is 1. The number of aromatic amines is 1. The normalized spacial score (nSPS) is 19.4. The zero-order valence-electron chi connectivity index (χ0n) is 11.9. The number of hydrogen-bond acceptors (Lipinski definition) is 4. The molecule has 1 unspecified atom stereocenters. The predicted octanol–water partition coefficient (Wildman–Crippen LogP) is -0.597. The number of aliphatic hydroxyl groups excluding tert-OH is 1. The Morgan fingerprint density at radius 2 is 2.25 bits per heavy atom. The van der Waals surface area contributed by atoms with E-state index < -0.39 is 0 Å². The molecule has 1 saturated heterocycles. The molecule has 2 rings (SSSR count). The number of aromatic nitrogens is 2. The average molecular weight is 283 g/mol. The van der Waals surface area contributed by atoms with Crippen LogP contribution in [0, 0.1) is 13.8 Å². The largest absolute Gasteiger partial charge is 0.394 e. The molecule has 0 spiro atoms. The van der Waals surface area contributed by atoms with E-state index in [9.17, 15) is 14.7 Å². The lowest BCUT2D eigenvalue weighted by Crippen LogP contribution is -2.50. The van der Waals surface area contributed by atoms with Crippen LogP contribution >= 0.6 is 0 Å². The van der Waals surface area contributed by atoms with Crippen molar-refractivity contribution in [2.75, 3.05) is 26.4 Å². The maximum absolute atomic E-state index is 12.2. The second kappa shape index (κ2) is 6.23. The van der Waals surface area contributed by atoms with E-state index in [4.69, 9.17) is 4.74 Å². The number of aliphatic hydroxyl groups is 1. The SMILES string of the molecule is Cc1[nH]c(=O)n(CCC(=O)N2CCOCC2CO)c1C. The number of ether oxygens (including phenoxy) is 1. The van der Waals surface area contributed by atoms with E-state index in [0.717, 1.165) is 11.4 Å². The van der Waals surface area contributed by atoms with Gasteiger partial charge in [-0.05, 0) is 13.8 Å². The van der Waals surface area contributed by atoms with Gasteiger partial charge in [0.05, 0.1) is 25.9 Å². The summed E-state index contributed by atoms with van der Waals surface area (Å²) >= 11 is 0. The molecule has 0 bridgehead atoms. The van der Waals surface area contributed by atoms with E-state index in [1.165, 1.54) is 0 Å². The van der Waals surface area contributed by atoms with Gasteiger partial charge in [0.2, 0.25) is 5.91 Å². The van der Waals surface area contributed by atoms with Crippen LogP contribution in [-0.4, -0.2) is 57.9 Å². The summed E-state index contributed by atoms with van der Waals surface area (Å²) in [5.74, 6) is -0.0579. The molecule has 0 saturated carbocycles. The van der Waals surface area contributed by atoms with Gasteiger partial charge in [-0.3, -0.25) is 9.36 Å². The summed E-state index contributed by atoms with van der Waals surface area (Å²) < 4.78 is 6.81. The Balaban J connectivity index is 1.99. The standard InChI is InChI=1S/C13H21N3O4/c1-9-10(2)15(13(19)14-9)4-3-12(18)16-5-6-20-8-11(16)7-17/h11,17H,3-8H2,1-2H3,(H,14,19). The van der Waals surface area contributed by atoms with Crippen LogP contribution in [0.2, 0.25) is 0 Å². The van der Waals surface area contributed by atoms with Crippen LogP contribution in [0.4, 0.5) is 0 Å². The molecule has 20 heavy (non-hydrogen) atoms. The predicted molar refractivity (Wildman–Crippen MR) is 72.5 cm³/mol. The fourth-order valence-electron chi connectivity index (χ4n) is 2.43. The average Bonchev–Trinajstić information content (AvgIpc) is 2.70. The number of aryl methyl sites for hydroxylation is 1. The van der Waals surface area contributed by atoms with Gasteiger partial charge in [-0.25, -0.2) is 4.79 Å². The van der Waals surface area contributed by atoms with Crippen molar-refractivity contribution in [1.29, 1.82) is 0 Å². The second-order valence-electron chi connectivity index (χ2n) is 5.04. The van der Waals surface area contributed by atoms with E-state index in [-0.39, 0.29) is 30.7 Å². The van der Waals surface area contributed by atoms with Gasteiger partial charge >= 0.3 is 5.69 Å². The molecule has 2 N–H and O–H groups in total. The van der Waals surface area contributed by atoms with Gasteiger partial charge in [0.25, 0.3) is 0 Å². The highest BCUT2D eigenvalue weighted by atomic mass is 16.5. The molecule has 0 aromatic carbocycles. The van der Waals surface area contributed by atoms with Crippen molar-refractivity contribution in [3.8, 4) is 0 Å². The number of morpholine rings is 1. The fourth-order valence-corrected chi connectivity index (χ4v) is 2.43. The highest BCUT2D eigenvalue weighted by molar-refractivity contribution is 5.76. The molecule has 112 valence electrons. The zero-order chi connectivity index (χ0) is 14.7. The molecule has 1 aliphatic rings. The molecular formula is C13H21N3O4. The third-order valence-corrected chi connectivity index (χ3v) is 3.80. The van der Waals surface area contributed by atoms with Crippen LogP contribution in [0.5, 0.6) is 0 Å². The van der Waals surface area contributed by atoms with Crippen molar-refractivity contribution >= 4 is 5.91 Å². The van der Waals surface area contributed by atoms with Gasteiger partial charge in [-0.1, -0.05) is 0 Å². The summed E-state index contributed by atoms with van der Waals surface area (Å²) in [7, 11) is 0. The zero-order valence-corrected chi connectivity index (χ0v) is 11.9. The van der Waals surface area contributed by atoms with Crippen LogP contribution in [0.1, 0.15) is 17.8 Å². The lowest BCUT2D eigenvalue weighted by Gasteiger charge is -2.34. The first-order chi connectivity index (χ1) is 9.54. The van der Waals surface area contributed by atoms with E-state index in [2.05, 4.69) is 4.98 Å². The Hall–Kier alpha value is -1.60. The summed E-state index contributed by atoms with van der Waals surface area (Å²) in [6.07, 6.45) is 0.245. The third-order valence-electron chi connectivity index (χ3n) is 3.80. The van der Waals surface area contributed by atoms with Gasteiger partial charge in [0.1, 0.15) is 0 Å². The molecule has 1 aliphatic heterocycles. The van der Waals surface area contributed by atoms with E-state index in [1.54, 1.807) is 9.47 Å². The summed E-state index contributed by atoms with van der Waals surface area (Å²) in [5, 5.41) is 9.25. The molecule has 2 heterocycles. The number of imidazole rings is 1. The minimum atomic E-state index is -0.276. The van der Waals surface area contributed by atoms with Gasteiger partial charge in [-0.15, -0.1) is 0 Å². The summed E-state index contributed by atoms with van der Waals surface area (Å²) in [6.45, 7) is 5.28. The van der Waals surface area contributed by atoms with Crippen molar-refractivity contribution in [3.63, 3.8) is 0 Å². The lowest BCUT2D eigenvalue weighted by atomic mass is 10.2. The molecule has 1 aromatic rings. The first-order valence-corrected chi connectivity index (χ1v) is 6.78. The van der Waals surface area contributed by atoms with Crippen LogP contribution in [-0.2, 0) is 16.1 Å². The summed E-state index contributed by atoms with van der Waals surface area (Å²) in [4.78, 5) is 28.3. The van der Waals surface area contributed by atoms with E-state index >= 15 is 0 Å². The van der Waals surface area contributed by atoms with Crippen molar-refractivity contribution in [2.45, 2.75) is 32.9 Å². The summed E-state index contributed by atoms with van der Waals surface area (Å²) in [6, 6.07) is -0.276. The number of nitrogens with zero attached hydrogens (tertiary/aromatic N) is 2. The first kappa shape index (κ1) is 14.8. The third kappa shape index (κ3) is 2.94. The molecule has 7 heteroatoms. The minimum absolute atomic E-state index is 0.0579. The minimum Gasteiger partial charge on any atom is -0.394 e. The summed E-state index contributed by atoms with van der Waals surface area (Å²) in [5.41, 5.74) is 1.49. The fraction of sp³-hybridized carbons (Fsp3) is 0.692. The molecular weight excluding hydrogens is 262 g/mol. The molecule has 1 atom stereocenters. The number of hydrogen-bond donors (Lipinski definition) is 2. The van der Waals surface area contributed by atoms with Crippen molar-refractivity contribution in [2.24, 2.45) is 0 Å². The van der Waals surface area contributed by atoms with Gasteiger partial charge in [0, 0.05) is 30.9 Å². The number of carbonyl (C=O) groups is 1. The van der Waals surface area contributed by atoms with E-state index in [1.807, 2.05) is 13.8 Å². The lowest BCUT2D eigenvalue weighted by molar-refractivity contribution is -0.141. The van der Waals surface area contributed by atoms with Crippen LogP contribution in [0.25, 0.3) is 0 Å². The molecule has 1 fully saturated rings. The van der Waals surface area contributed by atoms with Gasteiger partial charge < -0.3 is 19.7 Å². The number of carbonyl (C=O) groups excluding carboxylic acids is 1. The van der Waals surface area contributed by atoms with E-state index in [0.29, 0.717) is 26.3 Å². The van der Waals surface area contributed by atoms with Crippen LogP contribution < -0.4 is 5.69 Å². The highest BCUT2D eigenvalue weighted by Gasteiger charge is 2.26. The maximum Gasteiger partial charge on any atom is 0.325 e. The molecule has 1 aromatic heterocycles. The van der Waals surface area contributed by atoms with Crippen LogP contribution in [0.15, 0.2) is 4.79 Å². The number of rotatable bonds is 4. The van der Waals surface area contributed by atoms with Crippen molar-refractivity contribution in [3.05, 3.63) is 21.9 Å². The molecule has 1 amide bonds. The van der Waals surface area contributed by atoms with Crippen molar-refractivity contribution in [1.82, 2.24) is 14.5 Å². The second-order valence-corrected chi connectivity index (χ2v) is 5.04. The van der Waals surface area contributed by atoms with Crippen LogP contribution in [0.3, 0.4) is 0 Å². The number of H-pyrrole nitrogens is 1. The number of amides is 1. The Kier molecular flexibility index (Phi) is 4.61. The quantitative estimate of drug-likeness (QED) is 0.772. The Morgan fingerprint density at radius 1 is 1.50 bits per heavy atom.